The molecule has 0 unspecified atom stereocenters. The van der Waals surface area contributed by atoms with Crippen LogP contribution >= 0.6 is 0 Å². The molecule has 0 atom stereocenters. The molecule has 8 rings (SSSR count). The number of carbonyl (C=O) groups excluding carboxylic acids is 1. The standard InChI is InChI=1S/C18H14F2N6O2.C14H11F2N3O3.C4H5N3/c19-14-2-1-12(7-15(14)20)28-13-9-26(10-13)17-16(21-5-6-22-17)18(27)25-11-3-4-23-24-8-11;15-10-2-1-8(5-11(10)16)22-9-6-19(7-9)13-12(14(20)21)17-3-4-18-13;5-4-1-2-6-7-3-4/h1-8,13H,9-10H2,(H,23,25,27);1-5,9H,6-7H2,(H,20,21);1-3H,(H2,5,6). The third-order valence-electron chi connectivity index (χ3n) is 7.91. The van der Waals surface area contributed by atoms with Gasteiger partial charge in [0.1, 0.15) is 23.7 Å². The summed E-state index contributed by atoms with van der Waals surface area (Å²) in [6.45, 7) is 1.62. The smallest absolute Gasteiger partial charge is 0.358 e. The summed E-state index contributed by atoms with van der Waals surface area (Å²) >= 11 is 0. The Hall–Kier alpha value is -7.58. The lowest BCUT2D eigenvalue weighted by atomic mass is 10.1. The van der Waals surface area contributed by atoms with Gasteiger partial charge in [0.25, 0.3) is 5.91 Å². The van der Waals surface area contributed by atoms with Crippen molar-refractivity contribution in [3.63, 3.8) is 0 Å². The van der Waals surface area contributed by atoms with Gasteiger partial charge < -0.3 is 35.4 Å². The van der Waals surface area contributed by atoms with Crippen molar-refractivity contribution in [3.05, 3.63) is 133 Å². The van der Waals surface area contributed by atoms with Crippen molar-refractivity contribution in [3.8, 4) is 11.5 Å². The number of carboxylic acids is 1. The van der Waals surface area contributed by atoms with E-state index in [-0.39, 0.29) is 40.9 Å². The minimum Gasteiger partial charge on any atom is -0.487 e. The molecule has 2 aromatic carbocycles. The van der Waals surface area contributed by atoms with E-state index in [0.29, 0.717) is 43.4 Å². The molecule has 2 fully saturated rings. The zero-order valence-corrected chi connectivity index (χ0v) is 29.4. The summed E-state index contributed by atoms with van der Waals surface area (Å²) in [4.78, 5) is 43.3. The van der Waals surface area contributed by atoms with Crippen LogP contribution in [-0.4, -0.2) is 95.7 Å². The molecule has 4 N–H and O–H groups in total. The molecular formula is C36H30F4N12O5. The van der Waals surface area contributed by atoms with Gasteiger partial charge in [-0.15, -0.1) is 0 Å². The van der Waals surface area contributed by atoms with Gasteiger partial charge in [-0.1, -0.05) is 0 Å². The molecule has 0 aliphatic carbocycles. The van der Waals surface area contributed by atoms with E-state index in [0.717, 1.165) is 24.3 Å². The van der Waals surface area contributed by atoms with Crippen LogP contribution in [0.2, 0.25) is 0 Å². The Balaban J connectivity index is 0.000000168. The molecule has 21 heteroatoms. The molecule has 0 saturated carbocycles. The minimum absolute atomic E-state index is 0.131. The number of nitrogens with two attached hydrogens (primary N) is 1. The zero-order valence-electron chi connectivity index (χ0n) is 29.4. The molecule has 6 heterocycles. The third kappa shape index (κ3) is 10.3. The summed E-state index contributed by atoms with van der Waals surface area (Å²) in [5, 5.41) is 26.1. The number of nitrogens with one attached hydrogen (secondary N) is 1. The normalized spacial score (nSPS) is 13.4. The third-order valence-corrected chi connectivity index (χ3v) is 7.91. The van der Waals surface area contributed by atoms with Gasteiger partial charge in [-0.2, -0.15) is 20.4 Å². The number of nitrogen functional groups attached to an aromatic ring is 1. The van der Waals surface area contributed by atoms with Crippen molar-refractivity contribution in [2.75, 3.05) is 47.0 Å². The molecule has 0 spiro atoms. The largest absolute Gasteiger partial charge is 0.487 e. The second-order valence-electron chi connectivity index (χ2n) is 12.0. The Bertz CT molecular complexity index is 2310. The SMILES string of the molecule is Nc1ccnnc1.O=C(Nc1ccnnc1)c1nccnc1N1CC(Oc2ccc(F)c(F)c2)C1.O=C(O)c1nccnc1N1CC(Oc2ccc(F)c(F)c2)C1. The maximum absolute atomic E-state index is 13.3. The second kappa shape index (κ2) is 18.2. The summed E-state index contributed by atoms with van der Waals surface area (Å²) in [5.41, 5.74) is 6.42. The number of amides is 1. The first-order valence-corrected chi connectivity index (χ1v) is 16.7. The highest BCUT2D eigenvalue weighted by Crippen LogP contribution is 2.27. The topological polar surface area (TPSA) is 220 Å². The first-order chi connectivity index (χ1) is 27.5. The maximum Gasteiger partial charge on any atom is 0.358 e. The van der Waals surface area contributed by atoms with E-state index in [4.69, 9.17) is 20.3 Å². The number of benzene rings is 2. The Kier molecular flexibility index (Phi) is 12.5. The zero-order chi connectivity index (χ0) is 40.3. The number of aromatic carboxylic acids is 1. The monoisotopic (exact) mass is 786 g/mol. The van der Waals surface area contributed by atoms with Crippen LogP contribution < -0.4 is 30.3 Å². The number of nitrogens with zero attached hydrogens (tertiary/aromatic N) is 10. The van der Waals surface area contributed by atoms with Crippen LogP contribution in [0, 0.1) is 23.3 Å². The van der Waals surface area contributed by atoms with Gasteiger partial charge in [-0.25, -0.2) is 42.3 Å². The molecule has 0 bridgehead atoms. The number of rotatable bonds is 9. The molecule has 2 aliphatic rings. The molecule has 0 radical (unpaired) electrons. The Morgan fingerprint density at radius 2 is 1.12 bits per heavy atom. The predicted octanol–water partition coefficient (Wildman–Crippen LogP) is 3.84. The summed E-state index contributed by atoms with van der Waals surface area (Å²) in [6, 6.07) is 9.98. The van der Waals surface area contributed by atoms with Crippen LogP contribution in [-0.2, 0) is 0 Å². The average Bonchev–Trinajstić information content (AvgIpc) is 3.18. The first-order valence-electron chi connectivity index (χ1n) is 16.7. The summed E-state index contributed by atoms with van der Waals surface area (Å²) in [7, 11) is 0. The lowest BCUT2D eigenvalue weighted by Crippen LogP contribution is -2.54. The number of anilines is 4. The van der Waals surface area contributed by atoms with E-state index in [9.17, 15) is 27.2 Å². The molecule has 17 nitrogen and oxygen atoms in total. The van der Waals surface area contributed by atoms with E-state index in [1.165, 1.54) is 55.5 Å². The van der Waals surface area contributed by atoms with Gasteiger partial charge in [0.05, 0.1) is 62.3 Å². The fourth-order valence-corrected chi connectivity index (χ4v) is 5.15. The van der Waals surface area contributed by atoms with Crippen molar-refractivity contribution >= 4 is 34.9 Å². The highest BCUT2D eigenvalue weighted by Gasteiger charge is 2.34. The number of halogens is 4. The fraction of sp³-hybridized carbons (Fsp3) is 0.167. The minimum atomic E-state index is -1.16. The van der Waals surface area contributed by atoms with E-state index in [2.05, 4.69) is 45.6 Å². The summed E-state index contributed by atoms with van der Waals surface area (Å²) in [6.07, 6.45) is 11.1. The Labute approximate surface area is 320 Å². The average molecular weight is 787 g/mol. The number of ether oxygens (including phenoxy) is 2. The van der Waals surface area contributed by atoms with Crippen molar-refractivity contribution in [1.82, 2.24) is 40.3 Å². The lowest BCUT2D eigenvalue weighted by Gasteiger charge is -2.40. The molecule has 57 heavy (non-hydrogen) atoms. The van der Waals surface area contributed by atoms with Crippen LogP contribution in [0.15, 0.2) is 98.1 Å². The van der Waals surface area contributed by atoms with E-state index >= 15 is 0 Å². The van der Waals surface area contributed by atoms with Gasteiger partial charge >= 0.3 is 5.97 Å². The maximum atomic E-state index is 13.3. The molecule has 2 saturated heterocycles. The highest BCUT2D eigenvalue weighted by molar-refractivity contribution is 6.06. The van der Waals surface area contributed by atoms with Gasteiger partial charge in [0, 0.05) is 36.9 Å². The van der Waals surface area contributed by atoms with Crippen LogP contribution in [0.4, 0.5) is 40.6 Å². The first kappa shape index (κ1) is 39.1. The molecule has 292 valence electrons. The molecule has 2 aliphatic heterocycles. The Morgan fingerprint density at radius 1 is 0.632 bits per heavy atom. The van der Waals surface area contributed by atoms with Gasteiger partial charge in [-0.3, -0.25) is 4.79 Å². The van der Waals surface area contributed by atoms with Crippen molar-refractivity contribution in [1.29, 1.82) is 0 Å². The molecular weight excluding hydrogens is 756 g/mol. The van der Waals surface area contributed by atoms with Crippen molar-refractivity contribution in [2.24, 2.45) is 0 Å². The van der Waals surface area contributed by atoms with Crippen LogP contribution in [0.25, 0.3) is 0 Å². The number of carbonyl (C=O) groups is 2. The lowest BCUT2D eigenvalue weighted by molar-refractivity contribution is 0.0689. The second-order valence-corrected chi connectivity index (χ2v) is 12.0. The van der Waals surface area contributed by atoms with E-state index in [1.54, 1.807) is 23.2 Å². The van der Waals surface area contributed by atoms with Crippen molar-refractivity contribution in [2.45, 2.75) is 12.2 Å². The van der Waals surface area contributed by atoms with Gasteiger partial charge in [0.15, 0.2) is 46.3 Å². The van der Waals surface area contributed by atoms with Crippen LogP contribution in [0.3, 0.4) is 0 Å². The summed E-state index contributed by atoms with van der Waals surface area (Å²) in [5.74, 6) is -4.26. The van der Waals surface area contributed by atoms with Gasteiger partial charge in [-0.05, 0) is 36.4 Å². The Morgan fingerprint density at radius 3 is 1.56 bits per heavy atom. The van der Waals surface area contributed by atoms with Crippen molar-refractivity contribution < 1.29 is 41.7 Å². The van der Waals surface area contributed by atoms with Crippen LogP contribution in [0.1, 0.15) is 21.0 Å². The quantitative estimate of drug-likeness (QED) is 0.177. The number of hydrogen-bond donors (Lipinski definition) is 3. The molecule has 6 aromatic rings. The summed E-state index contributed by atoms with van der Waals surface area (Å²) < 4.78 is 63.3. The number of aromatic nitrogens is 8. The molecule has 1 amide bonds. The predicted molar refractivity (Wildman–Crippen MR) is 193 cm³/mol. The number of hydrogen-bond acceptors (Lipinski definition) is 15. The number of carboxylic acid groups (broad SMARTS) is 1. The molecule has 4 aromatic heterocycles. The van der Waals surface area contributed by atoms with Gasteiger partial charge in [0.2, 0.25) is 0 Å². The highest BCUT2D eigenvalue weighted by atomic mass is 19.2. The fourth-order valence-electron chi connectivity index (χ4n) is 5.15. The van der Waals surface area contributed by atoms with E-state index < -0.39 is 35.1 Å². The van der Waals surface area contributed by atoms with E-state index in [1.807, 2.05) is 4.90 Å². The van der Waals surface area contributed by atoms with Crippen LogP contribution in [0.5, 0.6) is 11.5 Å².